The van der Waals surface area contributed by atoms with Gasteiger partial charge in [0.2, 0.25) is 15.9 Å². The van der Waals surface area contributed by atoms with Gasteiger partial charge in [-0.05, 0) is 49.6 Å². The maximum atomic E-state index is 12.4. The molecule has 0 spiro atoms. The van der Waals surface area contributed by atoms with Gasteiger partial charge in [-0.2, -0.15) is 5.10 Å². The number of sulfonamides is 1. The number of nitrogens with one attached hydrogen (secondary N) is 2. The first kappa shape index (κ1) is 22.3. The summed E-state index contributed by atoms with van der Waals surface area (Å²) >= 11 is 6.48. The lowest BCUT2D eigenvalue weighted by Gasteiger charge is -2.08. The Balaban J connectivity index is 1.44. The fourth-order valence-corrected chi connectivity index (χ4v) is 4.84. The van der Waals surface area contributed by atoms with Gasteiger partial charge in [-0.3, -0.25) is 4.79 Å². The highest BCUT2D eigenvalue weighted by molar-refractivity contribution is 7.89. The molecule has 0 bridgehead atoms. The van der Waals surface area contributed by atoms with Gasteiger partial charge < -0.3 is 5.32 Å². The smallest absolute Gasteiger partial charge is 0.248 e. The fourth-order valence-electron chi connectivity index (χ4n) is 3.19. The largest absolute Gasteiger partial charge is 0.322 e. The molecule has 1 amide bonds. The van der Waals surface area contributed by atoms with Crippen LogP contribution in [-0.2, 0) is 21.4 Å². The molecule has 1 saturated carbocycles. The summed E-state index contributed by atoms with van der Waals surface area (Å²) in [5, 5.41) is 7.59. The Labute approximate surface area is 192 Å². The fraction of sp³-hybridized carbons (Fsp3) is 0.217. The zero-order valence-electron chi connectivity index (χ0n) is 17.5. The molecule has 166 valence electrons. The molecule has 1 aliphatic carbocycles. The average molecular weight is 471 g/mol. The molecule has 32 heavy (non-hydrogen) atoms. The number of rotatable bonds is 8. The summed E-state index contributed by atoms with van der Waals surface area (Å²) in [7, 11) is -3.59. The quantitative estimate of drug-likeness (QED) is 0.487. The lowest BCUT2D eigenvalue weighted by atomic mass is 10.2. The van der Waals surface area contributed by atoms with E-state index >= 15 is 0 Å². The molecule has 1 aliphatic rings. The number of carbonyl (C=O) groups is 1. The molecule has 2 N–H and O–H groups in total. The zero-order valence-corrected chi connectivity index (χ0v) is 19.0. The van der Waals surface area contributed by atoms with Gasteiger partial charge in [0.15, 0.2) is 0 Å². The first-order valence-corrected chi connectivity index (χ1v) is 12.1. The third kappa shape index (κ3) is 5.45. The van der Waals surface area contributed by atoms with Gasteiger partial charge in [0.25, 0.3) is 0 Å². The molecule has 0 saturated heterocycles. The Hall–Kier alpha value is -2.94. The minimum absolute atomic E-state index is 0.0111. The van der Waals surface area contributed by atoms with Gasteiger partial charge in [-0.25, -0.2) is 17.8 Å². The minimum Gasteiger partial charge on any atom is -0.322 e. The zero-order chi connectivity index (χ0) is 22.7. The Kier molecular flexibility index (Phi) is 6.45. The summed E-state index contributed by atoms with van der Waals surface area (Å²) in [4.78, 5) is 12.5. The molecule has 2 aromatic carbocycles. The van der Waals surface area contributed by atoms with Crippen molar-refractivity contribution in [3.63, 3.8) is 0 Å². The molecule has 4 rings (SSSR count). The van der Waals surface area contributed by atoms with Crippen molar-refractivity contribution in [3.8, 4) is 0 Å². The van der Waals surface area contributed by atoms with Crippen LogP contribution in [0, 0.1) is 6.92 Å². The van der Waals surface area contributed by atoms with Crippen LogP contribution in [0.2, 0.25) is 5.15 Å². The number of hydrogen-bond acceptors (Lipinski definition) is 4. The van der Waals surface area contributed by atoms with Crippen molar-refractivity contribution in [1.82, 2.24) is 14.5 Å². The molecule has 1 heterocycles. The lowest BCUT2D eigenvalue weighted by Crippen LogP contribution is -2.25. The van der Waals surface area contributed by atoms with Crippen LogP contribution in [-0.4, -0.2) is 30.1 Å². The number of aromatic nitrogens is 2. The highest BCUT2D eigenvalue weighted by atomic mass is 35.5. The lowest BCUT2D eigenvalue weighted by molar-refractivity contribution is -0.111. The molecule has 3 aromatic rings. The first-order valence-electron chi connectivity index (χ1n) is 10.2. The van der Waals surface area contributed by atoms with E-state index in [-0.39, 0.29) is 10.9 Å². The molecule has 0 unspecified atom stereocenters. The van der Waals surface area contributed by atoms with Crippen molar-refractivity contribution < 1.29 is 13.2 Å². The summed E-state index contributed by atoms with van der Waals surface area (Å²) in [5.74, 6) is -0.402. The van der Waals surface area contributed by atoms with Crippen molar-refractivity contribution in [1.29, 1.82) is 0 Å². The van der Waals surface area contributed by atoms with Gasteiger partial charge in [0.1, 0.15) is 5.15 Å². The van der Waals surface area contributed by atoms with Crippen molar-refractivity contribution >= 4 is 39.3 Å². The maximum Gasteiger partial charge on any atom is 0.248 e. The van der Waals surface area contributed by atoms with Gasteiger partial charge in [0.05, 0.1) is 17.1 Å². The van der Waals surface area contributed by atoms with E-state index in [4.69, 9.17) is 11.6 Å². The minimum atomic E-state index is -3.59. The highest BCUT2D eigenvalue weighted by Gasteiger charge is 2.28. The Morgan fingerprint density at radius 2 is 1.94 bits per heavy atom. The van der Waals surface area contributed by atoms with Gasteiger partial charge in [-0.15, -0.1) is 0 Å². The van der Waals surface area contributed by atoms with E-state index in [0.717, 1.165) is 18.4 Å². The number of halogens is 1. The second kappa shape index (κ2) is 9.28. The summed E-state index contributed by atoms with van der Waals surface area (Å²) in [6.45, 7) is 2.35. The van der Waals surface area contributed by atoms with Gasteiger partial charge in [0, 0.05) is 23.4 Å². The normalized spacial score (nSPS) is 14.1. The van der Waals surface area contributed by atoms with Crippen LogP contribution in [0.5, 0.6) is 0 Å². The van der Waals surface area contributed by atoms with Crippen LogP contribution in [0.15, 0.2) is 65.6 Å². The molecule has 9 heteroatoms. The molecule has 0 aliphatic heterocycles. The third-order valence-electron chi connectivity index (χ3n) is 5.00. The maximum absolute atomic E-state index is 12.4. The molecular weight excluding hydrogens is 448 g/mol. The first-order chi connectivity index (χ1) is 15.3. The number of amides is 1. The van der Waals surface area contributed by atoms with Crippen molar-refractivity contribution in [3.05, 3.63) is 82.6 Å². The van der Waals surface area contributed by atoms with Crippen molar-refractivity contribution in [2.24, 2.45) is 0 Å². The van der Waals surface area contributed by atoms with E-state index in [9.17, 15) is 13.2 Å². The molecule has 1 fully saturated rings. The number of aryl methyl sites for hydroxylation is 1. The van der Waals surface area contributed by atoms with Crippen LogP contribution in [0.3, 0.4) is 0 Å². The number of anilines is 1. The van der Waals surface area contributed by atoms with Crippen LogP contribution >= 0.6 is 11.6 Å². The average Bonchev–Trinajstić information content (AvgIpc) is 3.52. The van der Waals surface area contributed by atoms with E-state index < -0.39 is 15.9 Å². The van der Waals surface area contributed by atoms with E-state index in [1.807, 2.05) is 37.3 Å². The predicted molar refractivity (Wildman–Crippen MR) is 125 cm³/mol. The standard InChI is InChI=1S/C23H23ClN4O3S/c1-16-21(23(24)28(26-16)15-17-6-3-2-4-7-17)12-13-22(29)25-19-8-5-9-20(14-19)32(30,31)27-18-10-11-18/h2-9,12-14,18,27H,10-11,15H2,1H3,(H,25,29)/b13-12+. The highest BCUT2D eigenvalue weighted by Crippen LogP contribution is 2.24. The molecule has 1 aromatic heterocycles. The molecule has 0 atom stereocenters. The monoisotopic (exact) mass is 470 g/mol. The Morgan fingerprint density at radius 1 is 1.19 bits per heavy atom. The summed E-state index contributed by atoms with van der Waals surface area (Å²) in [6, 6.07) is 16.0. The van der Waals surface area contributed by atoms with E-state index in [0.29, 0.717) is 28.6 Å². The SMILES string of the molecule is Cc1nn(Cc2ccccc2)c(Cl)c1/C=C/C(=O)Nc1cccc(S(=O)(=O)NC2CC2)c1. The number of benzene rings is 2. The number of nitrogens with zero attached hydrogens (tertiary/aromatic N) is 2. The summed E-state index contributed by atoms with van der Waals surface area (Å²) in [6.07, 6.45) is 4.66. The summed E-state index contributed by atoms with van der Waals surface area (Å²) in [5.41, 5.74) is 2.81. The van der Waals surface area contributed by atoms with Crippen LogP contribution in [0.25, 0.3) is 6.08 Å². The van der Waals surface area contributed by atoms with E-state index in [2.05, 4.69) is 15.1 Å². The second-order valence-corrected chi connectivity index (χ2v) is 9.75. The van der Waals surface area contributed by atoms with Crippen LogP contribution < -0.4 is 10.0 Å². The Morgan fingerprint density at radius 3 is 2.66 bits per heavy atom. The van der Waals surface area contributed by atoms with Crippen molar-refractivity contribution in [2.45, 2.75) is 37.2 Å². The molecule has 0 radical (unpaired) electrons. The number of carbonyl (C=O) groups excluding carboxylic acids is 1. The predicted octanol–water partition coefficient (Wildman–Crippen LogP) is 3.99. The summed E-state index contributed by atoms with van der Waals surface area (Å²) < 4.78 is 29.1. The van der Waals surface area contributed by atoms with Gasteiger partial charge in [-0.1, -0.05) is 48.0 Å². The van der Waals surface area contributed by atoms with Crippen LogP contribution in [0.1, 0.15) is 29.7 Å². The molecule has 7 nitrogen and oxygen atoms in total. The number of hydrogen-bond donors (Lipinski definition) is 2. The third-order valence-corrected chi connectivity index (χ3v) is 6.91. The topological polar surface area (TPSA) is 93.1 Å². The van der Waals surface area contributed by atoms with Gasteiger partial charge >= 0.3 is 0 Å². The Bertz CT molecular complexity index is 1270. The van der Waals surface area contributed by atoms with Crippen LogP contribution in [0.4, 0.5) is 5.69 Å². The van der Waals surface area contributed by atoms with E-state index in [1.165, 1.54) is 18.2 Å². The van der Waals surface area contributed by atoms with E-state index in [1.54, 1.807) is 22.9 Å². The second-order valence-electron chi connectivity index (χ2n) is 7.68. The van der Waals surface area contributed by atoms with Crippen molar-refractivity contribution in [2.75, 3.05) is 5.32 Å². The molecular formula is C23H23ClN4O3S.